The summed E-state index contributed by atoms with van der Waals surface area (Å²) in [5, 5.41) is 21.7. The van der Waals surface area contributed by atoms with Gasteiger partial charge in [0.15, 0.2) is 0 Å². The number of benzene rings is 4. The first kappa shape index (κ1) is 20.7. The van der Waals surface area contributed by atoms with Crippen LogP contribution >= 0.6 is 0 Å². The number of hydrogen-bond donors (Lipinski definition) is 0. The molecule has 1 aliphatic carbocycles. The Bertz CT molecular complexity index is 1900. The van der Waals surface area contributed by atoms with Crippen LogP contribution in [0, 0.1) is 22.7 Å². The summed E-state index contributed by atoms with van der Waals surface area (Å²) in [6.07, 6.45) is 0. The molecule has 0 aliphatic heterocycles. The molecular formula is C32H17N3Se. The molecule has 4 heteroatoms. The fourth-order valence-electron chi connectivity index (χ4n) is 5.39. The number of aromatic nitrogens is 1. The molecule has 0 fully saturated rings. The molecule has 0 saturated heterocycles. The molecule has 2 aromatic heterocycles. The molecule has 0 spiro atoms. The molecule has 0 saturated carbocycles. The Labute approximate surface area is 214 Å². The number of hydrogen-bond acceptors (Lipinski definition) is 2. The van der Waals surface area contributed by atoms with E-state index in [4.69, 9.17) is 0 Å². The van der Waals surface area contributed by atoms with Gasteiger partial charge in [-0.25, -0.2) is 0 Å². The van der Waals surface area contributed by atoms with E-state index in [9.17, 15) is 10.5 Å². The summed E-state index contributed by atoms with van der Waals surface area (Å²) < 4.78 is 5.04. The average molecular weight is 522 g/mol. The fourth-order valence-corrected chi connectivity index (χ4v) is 7.55. The summed E-state index contributed by atoms with van der Waals surface area (Å²) in [7, 11) is 0. The standard InChI is InChI=1S/C32H17N3Se/c33-18-21(19-34)32-25-10-2-1-7-22(25)27-17-20(13-14-26(27)32)30-15-16-31(36-30)35-28-11-5-3-8-23(28)24-9-4-6-12-29(24)35/h1-17H. The van der Waals surface area contributed by atoms with Gasteiger partial charge in [-0.1, -0.05) is 0 Å². The van der Waals surface area contributed by atoms with E-state index < -0.39 is 0 Å². The number of allylic oxidation sites excluding steroid dienone is 1. The summed E-state index contributed by atoms with van der Waals surface area (Å²) in [5.41, 5.74) is 8.64. The Hall–Kier alpha value is -4.60. The van der Waals surface area contributed by atoms with Crippen LogP contribution in [-0.4, -0.2) is 19.1 Å². The van der Waals surface area contributed by atoms with Crippen LogP contribution in [0.4, 0.5) is 0 Å². The molecule has 166 valence electrons. The van der Waals surface area contributed by atoms with Crippen molar-refractivity contribution in [2.75, 3.05) is 0 Å². The molecule has 2 heterocycles. The molecule has 0 atom stereocenters. The van der Waals surface area contributed by atoms with Crippen molar-refractivity contribution in [3.8, 4) is 37.8 Å². The Balaban J connectivity index is 1.40. The monoisotopic (exact) mass is 523 g/mol. The van der Waals surface area contributed by atoms with Crippen LogP contribution in [0.1, 0.15) is 11.1 Å². The van der Waals surface area contributed by atoms with Crippen LogP contribution < -0.4 is 0 Å². The number of nitrogens with zero attached hydrogens (tertiary/aromatic N) is 3. The Morgan fingerprint density at radius 1 is 0.611 bits per heavy atom. The molecule has 36 heavy (non-hydrogen) atoms. The summed E-state index contributed by atoms with van der Waals surface area (Å²) >= 11 is 0.125. The summed E-state index contributed by atoms with van der Waals surface area (Å²) in [5.74, 6) is 0. The van der Waals surface area contributed by atoms with Crippen molar-refractivity contribution in [2.24, 2.45) is 0 Å². The Morgan fingerprint density at radius 3 is 1.92 bits per heavy atom. The van der Waals surface area contributed by atoms with E-state index in [0.717, 1.165) is 27.8 Å². The van der Waals surface area contributed by atoms with Crippen LogP contribution in [0.5, 0.6) is 0 Å². The molecule has 0 bridgehead atoms. The number of para-hydroxylation sites is 2. The van der Waals surface area contributed by atoms with E-state index in [0.29, 0.717) is 0 Å². The number of nitriles is 2. The van der Waals surface area contributed by atoms with E-state index in [1.54, 1.807) is 0 Å². The van der Waals surface area contributed by atoms with Gasteiger partial charge in [-0.05, 0) is 0 Å². The first-order chi connectivity index (χ1) is 17.8. The van der Waals surface area contributed by atoms with Crippen LogP contribution in [0.2, 0.25) is 0 Å². The molecule has 3 nitrogen and oxygen atoms in total. The van der Waals surface area contributed by atoms with Crippen LogP contribution in [0.25, 0.3) is 53.1 Å². The molecule has 4 aromatic carbocycles. The summed E-state index contributed by atoms with van der Waals surface area (Å²) in [6, 6.07) is 40.4. The van der Waals surface area contributed by atoms with Gasteiger partial charge in [-0.2, -0.15) is 0 Å². The summed E-state index contributed by atoms with van der Waals surface area (Å²) in [6.45, 7) is 0. The first-order valence-corrected chi connectivity index (χ1v) is 13.4. The van der Waals surface area contributed by atoms with Crippen molar-refractivity contribution in [3.63, 3.8) is 0 Å². The quantitative estimate of drug-likeness (QED) is 0.176. The van der Waals surface area contributed by atoms with Gasteiger partial charge in [0.05, 0.1) is 0 Å². The van der Waals surface area contributed by atoms with Crippen molar-refractivity contribution in [1.82, 2.24) is 4.57 Å². The van der Waals surface area contributed by atoms with E-state index in [-0.39, 0.29) is 20.1 Å². The van der Waals surface area contributed by atoms with E-state index >= 15 is 0 Å². The van der Waals surface area contributed by atoms with E-state index in [1.165, 1.54) is 36.4 Å². The van der Waals surface area contributed by atoms with Gasteiger partial charge >= 0.3 is 215 Å². The van der Waals surface area contributed by atoms with Crippen molar-refractivity contribution >= 4 is 41.9 Å². The van der Waals surface area contributed by atoms with Gasteiger partial charge in [0, 0.05) is 0 Å². The van der Waals surface area contributed by atoms with Gasteiger partial charge in [0.1, 0.15) is 0 Å². The van der Waals surface area contributed by atoms with Crippen molar-refractivity contribution in [2.45, 2.75) is 0 Å². The molecule has 0 N–H and O–H groups in total. The Kier molecular flexibility index (Phi) is 4.60. The van der Waals surface area contributed by atoms with Crippen LogP contribution in [0.15, 0.2) is 109 Å². The molecule has 1 aliphatic rings. The zero-order valence-corrected chi connectivity index (χ0v) is 20.8. The topological polar surface area (TPSA) is 52.5 Å². The maximum absolute atomic E-state index is 9.59. The maximum atomic E-state index is 9.59. The molecular weight excluding hydrogens is 505 g/mol. The minimum absolute atomic E-state index is 0.125. The van der Waals surface area contributed by atoms with Gasteiger partial charge in [0.25, 0.3) is 0 Å². The normalized spacial score (nSPS) is 11.8. The second-order valence-electron chi connectivity index (χ2n) is 8.79. The zero-order valence-electron chi connectivity index (χ0n) is 19.1. The third kappa shape index (κ3) is 2.90. The minimum atomic E-state index is 0.125. The molecule has 0 unspecified atom stereocenters. The van der Waals surface area contributed by atoms with Crippen LogP contribution in [-0.2, 0) is 0 Å². The number of rotatable bonds is 2. The molecule has 0 amide bonds. The van der Waals surface area contributed by atoms with Crippen molar-refractivity contribution < 1.29 is 0 Å². The average Bonchev–Trinajstić information content (AvgIpc) is 3.62. The van der Waals surface area contributed by atoms with E-state index in [1.807, 2.05) is 18.2 Å². The van der Waals surface area contributed by atoms with Crippen molar-refractivity contribution in [1.29, 1.82) is 10.5 Å². The molecule has 0 radical (unpaired) electrons. The van der Waals surface area contributed by atoms with Crippen molar-refractivity contribution in [3.05, 3.63) is 120 Å². The zero-order chi connectivity index (χ0) is 24.2. The van der Waals surface area contributed by atoms with Gasteiger partial charge in [-0.3, -0.25) is 0 Å². The van der Waals surface area contributed by atoms with Gasteiger partial charge < -0.3 is 0 Å². The third-order valence-corrected chi connectivity index (χ3v) is 9.27. The predicted molar refractivity (Wildman–Crippen MR) is 146 cm³/mol. The summed E-state index contributed by atoms with van der Waals surface area (Å²) in [4.78, 5) is 0. The number of fused-ring (bicyclic) bond motifs is 6. The van der Waals surface area contributed by atoms with E-state index in [2.05, 4.69) is 102 Å². The third-order valence-electron chi connectivity index (χ3n) is 6.93. The second kappa shape index (κ2) is 7.97. The van der Waals surface area contributed by atoms with Gasteiger partial charge in [-0.15, -0.1) is 0 Å². The van der Waals surface area contributed by atoms with Crippen LogP contribution in [0.3, 0.4) is 0 Å². The SMILES string of the molecule is N#CC(C#N)=C1c2ccccc2-c2cc(-c3ccc(-n4c5ccccc5c5ccccc54)[se]3)ccc21. The second-order valence-corrected chi connectivity index (χ2v) is 11.0. The molecule has 6 aromatic rings. The van der Waals surface area contributed by atoms with Gasteiger partial charge in [0.2, 0.25) is 0 Å². The molecule has 7 rings (SSSR count). The predicted octanol–water partition coefficient (Wildman–Crippen LogP) is 7.34. The fraction of sp³-hybridized carbons (Fsp3) is 0. The Morgan fingerprint density at radius 2 is 1.22 bits per heavy atom. The first-order valence-electron chi connectivity index (χ1n) is 11.7.